The van der Waals surface area contributed by atoms with Crippen molar-refractivity contribution in [1.29, 1.82) is 0 Å². The van der Waals surface area contributed by atoms with Gasteiger partial charge in [0.25, 0.3) is 0 Å². The summed E-state index contributed by atoms with van der Waals surface area (Å²) in [7, 11) is -4.33. The summed E-state index contributed by atoms with van der Waals surface area (Å²) in [6.07, 6.45) is -0.416. The van der Waals surface area contributed by atoms with Crippen molar-refractivity contribution in [2.75, 3.05) is 26.4 Å². The van der Waals surface area contributed by atoms with E-state index in [1.165, 1.54) is 48.5 Å². The topological polar surface area (TPSA) is 119 Å². The number of carbonyl (C=O) groups excluding carboxylic acids is 1. The number of nitrogens with zero attached hydrogens (tertiary/aromatic N) is 1. The van der Waals surface area contributed by atoms with Gasteiger partial charge in [-0.25, -0.2) is 12.8 Å². The summed E-state index contributed by atoms with van der Waals surface area (Å²) in [5.41, 5.74) is -1.76. The zero-order chi connectivity index (χ0) is 24.8. The van der Waals surface area contributed by atoms with Crippen molar-refractivity contribution in [1.82, 2.24) is 4.31 Å². The van der Waals surface area contributed by atoms with E-state index in [0.29, 0.717) is 11.5 Å². The number of halogens is 1. The van der Waals surface area contributed by atoms with Crippen molar-refractivity contribution in [3.05, 3.63) is 54.3 Å². The maximum atomic E-state index is 13.6. The number of ether oxygens (including phenoxy) is 3. The molecule has 1 fully saturated rings. The molecule has 0 amide bonds. The lowest BCUT2D eigenvalue weighted by Gasteiger charge is -2.41. The molecule has 34 heavy (non-hydrogen) atoms. The van der Waals surface area contributed by atoms with Gasteiger partial charge in [0.1, 0.15) is 22.9 Å². The lowest BCUT2D eigenvalue weighted by atomic mass is 9.90. The summed E-state index contributed by atoms with van der Waals surface area (Å²) < 4.78 is 56.9. The number of benzene rings is 2. The van der Waals surface area contributed by atoms with Gasteiger partial charge in [-0.3, -0.25) is 9.59 Å². The van der Waals surface area contributed by atoms with Crippen LogP contribution in [0.2, 0.25) is 0 Å². The van der Waals surface area contributed by atoms with Crippen LogP contribution in [-0.4, -0.2) is 61.7 Å². The van der Waals surface area contributed by atoms with Gasteiger partial charge in [-0.05, 0) is 55.5 Å². The molecule has 184 valence electrons. The van der Waals surface area contributed by atoms with Crippen molar-refractivity contribution in [3.8, 4) is 11.5 Å². The Morgan fingerprint density at radius 2 is 1.62 bits per heavy atom. The molecule has 1 saturated heterocycles. The summed E-state index contributed by atoms with van der Waals surface area (Å²) in [5, 5.41) is 10.0. The molecule has 0 atom stereocenters. The Bertz CT molecular complexity index is 1100. The third-order valence-corrected chi connectivity index (χ3v) is 7.46. The lowest BCUT2D eigenvalue weighted by molar-refractivity contribution is -0.155. The summed E-state index contributed by atoms with van der Waals surface area (Å²) in [5.74, 6) is -1.68. The third kappa shape index (κ3) is 5.72. The molecule has 0 unspecified atom stereocenters. The highest BCUT2D eigenvalue weighted by atomic mass is 32.2. The van der Waals surface area contributed by atoms with Gasteiger partial charge in [0.2, 0.25) is 10.0 Å². The monoisotopic (exact) mass is 495 g/mol. The maximum Gasteiger partial charge on any atom is 0.325 e. The summed E-state index contributed by atoms with van der Waals surface area (Å²) in [6, 6.07) is 10.7. The molecular weight excluding hydrogens is 469 g/mol. The second kappa shape index (κ2) is 10.9. The molecule has 0 spiro atoms. The molecule has 0 bridgehead atoms. The van der Waals surface area contributed by atoms with E-state index in [0.717, 1.165) is 4.31 Å². The minimum absolute atomic E-state index is 0.0594. The van der Waals surface area contributed by atoms with Crippen LogP contribution in [0.25, 0.3) is 0 Å². The third-order valence-electron chi connectivity index (χ3n) is 5.48. The molecule has 0 radical (unpaired) electrons. The zero-order valence-electron chi connectivity index (χ0n) is 18.6. The zero-order valence-corrected chi connectivity index (χ0v) is 19.4. The van der Waals surface area contributed by atoms with Crippen LogP contribution >= 0.6 is 0 Å². The first-order valence-electron chi connectivity index (χ1n) is 10.7. The highest BCUT2D eigenvalue weighted by molar-refractivity contribution is 7.89. The van der Waals surface area contributed by atoms with E-state index in [1.54, 1.807) is 6.92 Å². The Balaban J connectivity index is 1.91. The summed E-state index contributed by atoms with van der Waals surface area (Å²) in [4.78, 5) is 24.1. The number of carboxylic acids is 1. The molecule has 2 aromatic rings. The quantitative estimate of drug-likeness (QED) is 0.499. The van der Waals surface area contributed by atoms with Crippen LogP contribution < -0.4 is 4.74 Å². The number of hydrogen-bond donors (Lipinski definition) is 1. The van der Waals surface area contributed by atoms with E-state index in [-0.39, 0.29) is 50.5 Å². The molecule has 11 heteroatoms. The molecule has 3 rings (SSSR count). The van der Waals surface area contributed by atoms with Crippen LogP contribution in [0.4, 0.5) is 4.39 Å². The smallest absolute Gasteiger partial charge is 0.325 e. The minimum Gasteiger partial charge on any atom is -0.480 e. The van der Waals surface area contributed by atoms with Gasteiger partial charge in [0.05, 0.1) is 17.9 Å². The van der Waals surface area contributed by atoms with Crippen LogP contribution in [0.3, 0.4) is 0 Å². The molecule has 1 N–H and O–H groups in total. The summed E-state index contributed by atoms with van der Waals surface area (Å²) >= 11 is 0. The number of carboxylic acid groups (broad SMARTS) is 1. The van der Waals surface area contributed by atoms with E-state index >= 15 is 0 Å². The van der Waals surface area contributed by atoms with Gasteiger partial charge in [-0.15, -0.1) is 0 Å². The molecule has 1 heterocycles. The first-order chi connectivity index (χ1) is 16.2. The van der Waals surface area contributed by atoms with Crippen molar-refractivity contribution < 1.29 is 41.7 Å². The van der Waals surface area contributed by atoms with E-state index in [9.17, 15) is 27.5 Å². The average molecular weight is 496 g/mol. The number of aliphatic carboxylic acids is 1. The standard InChI is InChI=1S/C23H26FNO8S/c1-2-32-21(26)11-14-25(23(22(27)28)12-15-31-16-13-23)34(29,30)20-9-7-19(8-10-20)33-18-5-3-17(24)4-6-18/h3-10H,2,11-16H2,1H3,(H,27,28). The fourth-order valence-corrected chi connectivity index (χ4v) is 5.50. The Hall–Kier alpha value is -3.02. The Labute approximate surface area is 197 Å². The van der Waals surface area contributed by atoms with Crippen molar-refractivity contribution >= 4 is 22.0 Å². The van der Waals surface area contributed by atoms with E-state index in [2.05, 4.69) is 0 Å². The number of sulfonamides is 1. The van der Waals surface area contributed by atoms with Gasteiger partial charge in [0, 0.05) is 32.6 Å². The second-order valence-electron chi connectivity index (χ2n) is 7.61. The van der Waals surface area contributed by atoms with Crippen molar-refractivity contribution in [2.45, 2.75) is 36.6 Å². The van der Waals surface area contributed by atoms with Gasteiger partial charge < -0.3 is 19.3 Å². The average Bonchev–Trinajstić information content (AvgIpc) is 2.81. The van der Waals surface area contributed by atoms with Crippen LogP contribution in [0, 0.1) is 5.82 Å². The predicted molar refractivity (Wildman–Crippen MR) is 118 cm³/mol. The number of carbonyl (C=O) groups is 2. The van der Waals surface area contributed by atoms with Crippen molar-refractivity contribution in [3.63, 3.8) is 0 Å². The van der Waals surface area contributed by atoms with Crippen LogP contribution in [0.15, 0.2) is 53.4 Å². The lowest BCUT2D eigenvalue weighted by Crippen LogP contribution is -2.60. The largest absolute Gasteiger partial charge is 0.480 e. The first-order valence-corrected chi connectivity index (χ1v) is 12.2. The highest BCUT2D eigenvalue weighted by Crippen LogP contribution is 2.34. The molecule has 1 aliphatic rings. The fourth-order valence-electron chi connectivity index (χ4n) is 3.71. The van der Waals surface area contributed by atoms with Gasteiger partial charge in [-0.1, -0.05) is 0 Å². The molecule has 9 nitrogen and oxygen atoms in total. The highest BCUT2D eigenvalue weighted by Gasteiger charge is 2.51. The normalized spacial score (nSPS) is 15.6. The minimum atomic E-state index is -4.33. The molecule has 0 aliphatic carbocycles. The van der Waals surface area contributed by atoms with Gasteiger partial charge >= 0.3 is 11.9 Å². The predicted octanol–water partition coefficient (Wildman–Crippen LogP) is 3.20. The molecule has 1 aliphatic heterocycles. The van der Waals surface area contributed by atoms with Crippen LogP contribution in [0.5, 0.6) is 11.5 Å². The van der Waals surface area contributed by atoms with E-state index in [1.807, 2.05) is 0 Å². The van der Waals surface area contributed by atoms with E-state index in [4.69, 9.17) is 14.2 Å². The Morgan fingerprint density at radius 1 is 1.06 bits per heavy atom. The number of rotatable bonds is 10. The first kappa shape index (κ1) is 25.6. The number of hydrogen-bond acceptors (Lipinski definition) is 7. The Morgan fingerprint density at radius 3 is 2.15 bits per heavy atom. The van der Waals surface area contributed by atoms with Crippen molar-refractivity contribution in [2.24, 2.45) is 0 Å². The summed E-state index contributed by atoms with van der Waals surface area (Å²) in [6.45, 7) is 1.53. The van der Waals surface area contributed by atoms with Gasteiger partial charge in [-0.2, -0.15) is 4.31 Å². The van der Waals surface area contributed by atoms with Crippen LogP contribution in [-0.2, 0) is 29.1 Å². The van der Waals surface area contributed by atoms with Gasteiger partial charge in [0.15, 0.2) is 0 Å². The number of esters is 1. The molecular formula is C23H26FNO8S. The Kier molecular flexibility index (Phi) is 8.24. The molecule has 0 saturated carbocycles. The van der Waals surface area contributed by atoms with E-state index < -0.39 is 33.3 Å². The van der Waals surface area contributed by atoms with Crippen LogP contribution in [0.1, 0.15) is 26.2 Å². The fraction of sp³-hybridized carbons (Fsp3) is 0.391. The molecule has 0 aromatic heterocycles. The molecule has 2 aromatic carbocycles. The maximum absolute atomic E-state index is 13.6. The SMILES string of the molecule is CCOC(=O)CCN(C1(C(=O)O)CCOCC1)S(=O)(=O)c1ccc(Oc2ccc(F)cc2)cc1. The second-order valence-corrected chi connectivity index (χ2v) is 9.47.